The zero-order chi connectivity index (χ0) is 27.0. The van der Waals surface area contributed by atoms with Crippen LogP contribution in [0.1, 0.15) is 18.1 Å². The van der Waals surface area contributed by atoms with E-state index < -0.39 is 17.6 Å². The average molecular weight is 540 g/mol. The van der Waals surface area contributed by atoms with Crippen molar-refractivity contribution in [3.8, 4) is 23.0 Å². The van der Waals surface area contributed by atoms with Crippen LogP contribution in [0.25, 0.3) is 21.1 Å². The number of thiazole rings is 1. The van der Waals surface area contributed by atoms with Crippen LogP contribution >= 0.6 is 11.3 Å². The van der Waals surface area contributed by atoms with Crippen LogP contribution < -0.4 is 14.8 Å². The highest BCUT2D eigenvalue weighted by atomic mass is 32.1. The Morgan fingerprint density at radius 3 is 2.66 bits per heavy atom. The van der Waals surface area contributed by atoms with Crippen molar-refractivity contribution < 1.29 is 32.5 Å². The van der Waals surface area contributed by atoms with E-state index in [4.69, 9.17) is 9.47 Å². The number of hydrogen-bond donors (Lipinski definition) is 2. The molecular formula is C27H20F3N3O4S. The quantitative estimate of drug-likeness (QED) is 0.237. The van der Waals surface area contributed by atoms with Crippen molar-refractivity contribution in [1.82, 2.24) is 9.97 Å². The van der Waals surface area contributed by atoms with Crippen molar-refractivity contribution in [3.63, 3.8) is 0 Å². The molecule has 0 bridgehead atoms. The van der Waals surface area contributed by atoms with Crippen molar-refractivity contribution in [3.05, 3.63) is 77.7 Å². The monoisotopic (exact) mass is 539 g/mol. The van der Waals surface area contributed by atoms with Gasteiger partial charge in [-0.05, 0) is 23.8 Å². The van der Waals surface area contributed by atoms with Crippen LogP contribution in [0.15, 0.2) is 60.8 Å². The minimum Gasteiger partial charge on any atom is -0.504 e. The number of amides is 1. The molecule has 0 atom stereocenters. The lowest BCUT2D eigenvalue weighted by molar-refractivity contribution is -0.115. The molecule has 194 valence electrons. The van der Waals surface area contributed by atoms with Crippen molar-refractivity contribution in [2.24, 2.45) is 0 Å². The van der Waals surface area contributed by atoms with Crippen LogP contribution in [0.5, 0.6) is 23.0 Å². The summed E-state index contributed by atoms with van der Waals surface area (Å²) in [6.07, 6.45) is 1.34. The van der Waals surface area contributed by atoms with Crippen LogP contribution in [-0.4, -0.2) is 28.1 Å². The summed E-state index contributed by atoms with van der Waals surface area (Å²) in [6, 6.07) is 12.8. The largest absolute Gasteiger partial charge is 0.504 e. The van der Waals surface area contributed by atoms with Crippen molar-refractivity contribution >= 4 is 43.5 Å². The first-order chi connectivity index (χ1) is 18.1. The van der Waals surface area contributed by atoms with E-state index in [1.165, 1.54) is 49.7 Å². The molecule has 2 heterocycles. The van der Waals surface area contributed by atoms with Gasteiger partial charge >= 0.3 is 0 Å². The van der Waals surface area contributed by atoms with Gasteiger partial charge in [-0.3, -0.25) is 9.78 Å². The molecule has 0 aliphatic heterocycles. The summed E-state index contributed by atoms with van der Waals surface area (Å²) in [7, 11) is 1.41. The first-order valence-corrected chi connectivity index (χ1v) is 12.1. The number of nitrogens with zero attached hydrogens (tertiary/aromatic N) is 2. The number of ether oxygens (including phenoxy) is 2. The predicted molar refractivity (Wildman–Crippen MR) is 138 cm³/mol. The number of rotatable bonds is 7. The lowest BCUT2D eigenvalue weighted by atomic mass is 10.0. The highest BCUT2D eigenvalue weighted by Gasteiger charge is 2.24. The Hall–Kier alpha value is -4.38. The third-order valence-corrected chi connectivity index (χ3v) is 6.64. The molecule has 0 aliphatic carbocycles. The number of phenols is 1. The molecule has 0 aliphatic rings. The fraction of sp³-hybridized carbons (Fsp3) is 0.148. The summed E-state index contributed by atoms with van der Waals surface area (Å²) in [5.74, 6) is -3.79. The van der Waals surface area contributed by atoms with Crippen LogP contribution in [0, 0.1) is 5.82 Å². The van der Waals surface area contributed by atoms with E-state index >= 15 is 0 Å². The molecule has 2 aromatic heterocycles. The summed E-state index contributed by atoms with van der Waals surface area (Å²) in [5, 5.41) is 13.4. The third kappa shape index (κ3) is 5.18. The van der Waals surface area contributed by atoms with Gasteiger partial charge in [-0.2, -0.15) is 0 Å². The fourth-order valence-corrected chi connectivity index (χ4v) is 4.76. The van der Waals surface area contributed by atoms with Gasteiger partial charge in [0, 0.05) is 42.3 Å². The molecule has 2 N–H and O–H groups in total. The number of halogens is 3. The average Bonchev–Trinajstić information content (AvgIpc) is 3.24. The van der Waals surface area contributed by atoms with Crippen molar-refractivity contribution in [1.29, 1.82) is 0 Å². The first kappa shape index (κ1) is 25.3. The van der Waals surface area contributed by atoms with Crippen molar-refractivity contribution in [2.45, 2.75) is 19.3 Å². The summed E-state index contributed by atoms with van der Waals surface area (Å²) >= 11 is 1.11. The molecule has 38 heavy (non-hydrogen) atoms. The number of carbonyl (C=O) groups excluding carboxylic acids is 1. The third-order valence-electron chi connectivity index (χ3n) is 5.71. The van der Waals surface area contributed by atoms with Gasteiger partial charge in [0.1, 0.15) is 5.75 Å². The smallest absolute Gasteiger partial charge is 0.270 e. The van der Waals surface area contributed by atoms with Gasteiger partial charge in [0.2, 0.25) is 5.91 Å². The number of fused-ring (bicyclic) bond motifs is 2. The molecule has 5 rings (SSSR count). The van der Waals surface area contributed by atoms with Gasteiger partial charge in [0.25, 0.3) is 5.92 Å². The second kappa shape index (κ2) is 9.82. The lowest BCUT2D eigenvalue weighted by Crippen LogP contribution is -2.15. The number of alkyl halides is 2. The standard InChI is InChI=1S/C27H20F3N3O4S/c1-27(29,30)15-5-3-4-14(8-15)9-25(35)33-26-32-19-11-17(28)22(13-24(19)38-26)37-21-6-7-31-18-12-20(34)23(36-2)10-16(18)21/h3-8,10-13,34H,9H2,1-2H3,(H,32,33,35). The minimum absolute atomic E-state index is 0.0733. The van der Waals surface area contributed by atoms with Gasteiger partial charge in [-0.15, -0.1) is 0 Å². The van der Waals surface area contributed by atoms with Crippen LogP contribution in [0.2, 0.25) is 0 Å². The molecule has 5 aromatic rings. The number of benzene rings is 3. The Kier molecular flexibility index (Phi) is 6.53. The number of hydrogen-bond acceptors (Lipinski definition) is 7. The van der Waals surface area contributed by atoms with Crippen molar-refractivity contribution in [2.75, 3.05) is 12.4 Å². The lowest BCUT2D eigenvalue weighted by Gasteiger charge is -2.11. The Morgan fingerprint density at radius 1 is 1.08 bits per heavy atom. The Bertz CT molecular complexity index is 1680. The number of carbonyl (C=O) groups is 1. The minimum atomic E-state index is -3.01. The SMILES string of the molecule is COc1cc2c(Oc3cc4sc(NC(=O)Cc5cccc(C(C)(F)F)c5)nc4cc3F)ccnc2cc1O. The second-order valence-electron chi connectivity index (χ2n) is 8.54. The molecule has 0 saturated carbocycles. The predicted octanol–water partition coefficient (Wildman–Crippen LogP) is 6.78. The second-order valence-corrected chi connectivity index (χ2v) is 9.57. The number of aromatic nitrogens is 2. The van der Waals surface area contributed by atoms with E-state index in [2.05, 4.69) is 15.3 Å². The molecule has 3 aromatic carbocycles. The van der Waals surface area contributed by atoms with Gasteiger partial charge < -0.3 is 19.9 Å². The molecular weight excluding hydrogens is 519 g/mol. The maximum absolute atomic E-state index is 14.9. The van der Waals surface area contributed by atoms with Gasteiger partial charge in [0.05, 0.1) is 29.3 Å². The van der Waals surface area contributed by atoms with Gasteiger partial charge in [0.15, 0.2) is 28.2 Å². The fourth-order valence-electron chi connectivity index (χ4n) is 3.87. The number of nitrogens with one attached hydrogen (secondary N) is 1. The van der Waals surface area contributed by atoms with E-state index in [-0.39, 0.29) is 34.4 Å². The summed E-state index contributed by atoms with van der Waals surface area (Å²) < 4.78 is 53.7. The van der Waals surface area contributed by atoms with Crippen LogP contribution in [0.3, 0.4) is 0 Å². The molecule has 11 heteroatoms. The molecule has 0 unspecified atom stereocenters. The van der Waals surface area contributed by atoms with E-state index in [1.54, 1.807) is 18.2 Å². The zero-order valence-electron chi connectivity index (χ0n) is 20.1. The Balaban J connectivity index is 1.37. The summed E-state index contributed by atoms with van der Waals surface area (Å²) in [4.78, 5) is 21.0. The molecule has 0 radical (unpaired) electrons. The number of pyridine rings is 1. The normalized spacial score (nSPS) is 11.6. The van der Waals surface area contributed by atoms with Crippen LogP contribution in [0.4, 0.5) is 18.3 Å². The number of aromatic hydroxyl groups is 1. The molecule has 0 fully saturated rings. The van der Waals surface area contributed by atoms with Crippen LogP contribution in [-0.2, 0) is 17.1 Å². The van der Waals surface area contributed by atoms with Gasteiger partial charge in [-0.1, -0.05) is 29.5 Å². The maximum atomic E-state index is 14.9. The van der Waals surface area contributed by atoms with E-state index in [1.807, 2.05) is 0 Å². The summed E-state index contributed by atoms with van der Waals surface area (Å²) in [6.45, 7) is 0.795. The number of anilines is 1. The molecule has 0 saturated heterocycles. The Labute approximate surface area is 218 Å². The molecule has 7 nitrogen and oxygen atoms in total. The number of methoxy groups -OCH3 is 1. The highest BCUT2D eigenvalue weighted by molar-refractivity contribution is 7.22. The first-order valence-electron chi connectivity index (χ1n) is 11.3. The van der Waals surface area contributed by atoms with E-state index in [9.17, 15) is 23.1 Å². The van der Waals surface area contributed by atoms with Gasteiger partial charge in [-0.25, -0.2) is 18.2 Å². The van der Waals surface area contributed by atoms with E-state index in [0.717, 1.165) is 18.3 Å². The molecule has 0 spiro atoms. The Morgan fingerprint density at radius 2 is 1.89 bits per heavy atom. The highest BCUT2D eigenvalue weighted by Crippen LogP contribution is 2.38. The topological polar surface area (TPSA) is 93.6 Å². The summed E-state index contributed by atoms with van der Waals surface area (Å²) in [5.41, 5.74) is 0.995. The maximum Gasteiger partial charge on any atom is 0.270 e. The van der Waals surface area contributed by atoms with E-state index in [0.29, 0.717) is 32.4 Å². The molecule has 1 amide bonds. The number of phenolic OH excluding ortho intramolecular Hbond substituents is 1. The zero-order valence-corrected chi connectivity index (χ0v) is 20.9.